The van der Waals surface area contributed by atoms with Crippen LogP contribution in [0.4, 0.5) is 5.69 Å². The fourth-order valence-electron chi connectivity index (χ4n) is 1.33. The number of amides is 1. The van der Waals surface area contributed by atoms with Crippen LogP contribution in [0.2, 0.25) is 0 Å². The molecule has 0 saturated heterocycles. The molecule has 6 heteroatoms. The largest absolute Gasteiger partial charge is 0.396 e. The fourth-order valence-corrected chi connectivity index (χ4v) is 1.72. The van der Waals surface area contributed by atoms with E-state index in [-0.39, 0.29) is 11.4 Å². The van der Waals surface area contributed by atoms with Crippen molar-refractivity contribution < 1.29 is 4.79 Å². The van der Waals surface area contributed by atoms with E-state index < -0.39 is 5.91 Å². The van der Waals surface area contributed by atoms with Crippen LogP contribution >= 0.6 is 15.9 Å². The van der Waals surface area contributed by atoms with E-state index in [0.29, 0.717) is 0 Å². The van der Waals surface area contributed by atoms with Crippen molar-refractivity contribution in [1.29, 1.82) is 0 Å². The molecule has 0 atom stereocenters. The Morgan fingerprint density at radius 2 is 2.19 bits per heavy atom. The van der Waals surface area contributed by atoms with E-state index in [4.69, 9.17) is 11.5 Å². The second-order valence-electron chi connectivity index (χ2n) is 3.22. The molecule has 16 heavy (non-hydrogen) atoms. The number of nitrogens with two attached hydrogens (primary N) is 2. The first-order chi connectivity index (χ1) is 7.58. The third-order valence-electron chi connectivity index (χ3n) is 2.05. The number of benzene rings is 1. The maximum atomic E-state index is 11.0. The minimum atomic E-state index is -0.633. The highest BCUT2D eigenvalue weighted by molar-refractivity contribution is 9.10. The first-order valence-electron chi connectivity index (χ1n) is 4.49. The Hall–Kier alpha value is -1.82. The Morgan fingerprint density at radius 3 is 2.75 bits per heavy atom. The van der Waals surface area contributed by atoms with Crippen LogP contribution in [0.1, 0.15) is 10.5 Å². The smallest absolute Gasteiger partial charge is 0.271 e. The van der Waals surface area contributed by atoms with Crippen LogP contribution in [0, 0.1) is 0 Å². The molecule has 0 saturated carbocycles. The third-order valence-corrected chi connectivity index (χ3v) is 2.54. The topological polar surface area (TPSA) is 86.9 Å². The first kappa shape index (κ1) is 10.7. The van der Waals surface area contributed by atoms with E-state index in [1.54, 1.807) is 6.20 Å². The van der Waals surface area contributed by atoms with Crippen molar-refractivity contribution in [1.82, 2.24) is 9.78 Å². The van der Waals surface area contributed by atoms with E-state index >= 15 is 0 Å². The van der Waals surface area contributed by atoms with Gasteiger partial charge in [-0.05, 0) is 18.2 Å². The normalized spacial score (nSPS) is 10.3. The highest BCUT2D eigenvalue weighted by Gasteiger charge is 2.11. The number of hydrogen-bond acceptors (Lipinski definition) is 3. The van der Waals surface area contributed by atoms with Gasteiger partial charge in [0, 0.05) is 4.47 Å². The highest BCUT2D eigenvalue weighted by Crippen LogP contribution is 2.17. The molecule has 0 radical (unpaired) electrons. The minimum absolute atomic E-state index is 0.0833. The van der Waals surface area contributed by atoms with E-state index in [9.17, 15) is 4.79 Å². The van der Waals surface area contributed by atoms with Crippen molar-refractivity contribution in [3.05, 3.63) is 40.6 Å². The molecule has 2 aromatic rings. The zero-order chi connectivity index (χ0) is 11.7. The second kappa shape index (κ2) is 3.97. The molecule has 4 N–H and O–H groups in total. The van der Waals surface area contributed by atoms with Gasteiger partial charge < -0.3 is 11.5 Å². The van der Waals surface area contributed by atoms with Crippen LogP contribution in [0.3, 0.4) is 0 Å². The standard InChI is InChI=1S/C10H9BrN4O/c11-6-2-1-3-7(4-6)15-5-8(12)9(14-15)10(13)16/h1-5H,12H2,(H2,13,16). The van der Waals surface area contributed by atoms with E-state index in [1.807, 2.05) is 24.3 Å². The molecular formula is C10H9BrN4O. The molecule has 5 nitrogen and oxygen atoms in total. The molecule has 1 heterocycles. The summed E-state index contributed by atoms with van der Waals surface area (Å²) in [7, 11) is 0. The molecule has 82 valence electrons. The molecule has 0 spiro atoms. The van der Waals surface area contributed by atoms with Crippen molar-refractivity contribution in [3.8, 4) is 5.69 Å². The number of anilines is 1. The van der Waals surface area contributed by atoms with Gasteiger partial charge in [0.25, 0.3) is 5.91 Å². The van der Waals surface area contributed by atoms with Crippen molar-refractivity contribution in [2.45, 2.75) is 0 Å². The van der Waals surface area contributed by atoms with Crippen molar-refractivity contribution in [3.63, 3.8) is 0 Å². The van der Waals surface area contributed by atoms with Gasteiger partial charge in [-0.2, -0.15) is 5.10 Å². The molecule has 0 aliphatic rings. The average Bonchev–Trinajstić information content (AvgIpc) is 2.60. The van der Waals surface area contributed by atoms with Gasteiger partial charge in [0.2, 0.25) is 0 Å². The van der Waals surface area contributed by atoms with Gasteiger partial charge in [-0.15, -0.1) is 0 Å². The Kier molecular flexibility index (Phi) is 2.66. The fraction of sp³-hybridized carbons (Fsp3) is 0. The second-order valence-corrected chi connectivity index (χ2v) is 4.14. The van der Waals surface area contributed by atoms with Crippen LogP contribution < -0.4 is 11.5 Å². The van der Waals surface area contributed by atoms with E-state index in [2.05, 4.69) is 21.0 Å². The Balaban J connectivity index is 2.49. The van der Waals surface area contributed by atoms with Crippen LogP contribution in [0.5, 0.6) is 0 Å². The average molecular weight is 281 g/mol. The van der Waals surface area contributed by atoms with Gasteiger partial charge in [0.1, 0.15) is 0 Å². The van der Waals surface area contributed by atoms with Crippen LogP contribution in [0.25, 0.3) is 5.69 Å². The number of rotatable bonds is 2. The van der Waals surface area contributed by atoms with Crippen LogP contribution in [0.15, 0.2) is 34.9 Å². The summed E-state index contributed by atoms with van der Waals surface area (Å²) in [5, 5.41) is 4.02. The molecule has 0 unspecified atom stereocenters. The molecule has 0 aliphatic heterocycles. The minimum Gasteiger partial charge on any atom is -0.396 e. The lowest BCUT2D eigenvalue weighted by Crippen LogP contribution is -2.13. The SMILES string of the molecule is NC(=O)c1nn(-c2cccc(Br)c2)cc1N. The lowest BCUT2D eigenvalue weighted by atomic mass is 10.3. The summed E-state index contributed by atoms with van der Waals surface area (Å²) >= 11 is 3.35. The summed E-state index contributed by atoms with van der Waals surface area (Å²) in [5.74, 6) is -0.633. The summed E-state index contributed by atoms with van der Waals surface area (Å²) in [4.78, 5) is 11.0. The van der Waals surface area contributed by atoms with Gasteiger partial charge in [0.15, 0.2) is 5.69 Å². The van der Waals surface area contributed by atoms with E-state index in [1.165, 1.54) is 4.68 Å². The van der Waals surface area contributed by atoms with Crippen molar-refractivity contribution in [2.75, 3.05) is 5.73 Å². The molecule has 1 aromatic heterocycles. The Bertz CT molecular complexity index is 550. The third kappa shape index (κ3) is 1.92. The number of aromatic nitrogens is 2. The number of nitrogens with zero attached hydrogens (tertiary/aromatic N) is 2. The van der Waals surface area contributed by atoms with Gasteiger partial charge in [-0.1, -0.05) is 22.0 Å². The monoisotopic (exact) mass is 280 g/mol. The van der Waals surface area contributed by atoms with E-state index in [0.717, 1.165) is 10.2 Å². The number of carbonyl (C=O) groups is 1. The molecular weight excluding hydrogens is 272 g/mol. The maximum Gasteiger partial charge on any atom is 0.271 e. The Labute approximate surface area is 100 Å². The van der Waals surface area contributed by atoms with Crippen LogP contribution in [-0.4, -0.2) is 15.7 Å². The predicted octanol–water partition coefficient (Wildman–Crippen LogP) is 1.32. The zero-order valence-electron chi connectivity index (χ0n) is 8.22. The van der Waals surface area contributed by atoms with Gasteiger partial charge in [0.05, 0.1) is 17.6 Å². The summed E-state index contributed by atoms with van der Waals surface area (Å²) < 4.78 is 2.43. The summed E-state index contributed by atoms with van der Waals surface area (Å²) in [6.45, 7) is 0. The van der Waals surface area contributed by atoms with Gasteiger partial charge in [-0.25, -0.2) is 4.68 Å². The quantitative estimate of drug-likeness (QED) is 0.870. The van der Waals surface area contributed by atoms with Crippen LogP contribution in [-0.2, 0) is 0 Å². The Morgan fingerprint density at radius 1 is 1.44 bits per heavy atom. The summed E-state index contributed by atoms with van der Waals surface area (Å²) in [5.41, 5.74) is 11.9. The number of carbonyl (C=O) groups excluding carboxylic acids is 1. The molecule has 1 aromatic carbocycles. The lowest BCUT2D eigenvalue weighted by molar-refractivity contribution is 0.0996. The number of primary amides is 1. The molecule has 2 rings (SSSR count). The molecule has 0 aliphatic carbocycles. The van der Waals surface area contributed by atoms with Crippen molar-refractivity contribution in [2.24, 2.45) is 5.73 Å². The number of hydrogen-bond donors (Lipinski definition) is 2. The van der Waals surface area contributed by atoms with Gasteiger partial charge >= 0.3 is 0 Å². The number of halogens is 1. The lowest BCUT2D eigenvalue weighted by Gasteiger charge is -2.00. The predicted molar refractivity (Wildman–Crippen MR) is 64.2 cm³/mol. The molecule has 0 fully saturated rings. The maximum absolute atomic E-state index is 11.0. The zero-order valence-corrected chi connectivity index (χ0v) is 9.81. The molecule has 0 bridgehead atoms. The summed E-state index contributed by atoms with van der Waals surface area (Å²) in [6, 6.07) is 7.46. The number of nitrogen functional groups attached to an aromatic ring is 1. The van der Waals surface area contributed by atoms with Crippen molar-refractivity contribution >= 4 is 27.5 Å². The first-order valence-corrected chi connectivity index (χ1v) is 5.28. The van der Waals surface area contributed by atoms with Gasteiger partial charge in [-0.3, -0.25) is 4.79 Å². The summed E-state index contributed by atoms with van der Waals surface area (Å²) in [6.07, 6.45) is 1.56. The highest BCUT2D eigenvalue weighted by atomic mass is 79.9. The molecule has 1 amide bonds.